The second kappa shape index (κ2) is 4.95. The van der Waals surface area contributed by atoms with E-state index < -0.39 is 18.1 Å². The SMILES string of the molecule is CC1(C)O[C@@H]2[C@H](O1)[C@H](CO)O[C@@H]2n1cnc2c(=S)nc(N)[nH]c21. The molecule has 0 unspecified atom stereocenters. The van der Waals surface area contributed by atoms with Gasteiger partial charge in [-0.3, -0.25) is 4.57 Å². The quantitative estimate of drug-likeness (QED) is 0.676. The van der Waals surface area contributed by atoms with Crippen LogP contribution >= 0.6 is 12.2 Å². The van der Waals surface area contributed by atoms with Gasteiger partial charge in [0.15, 0.2) is 22.6 Å². The molecule has 124 valence electrons. The third kappa shape index (κ3) is 2.25. The summed E-state index contributed by atoms with van der Waals surface area (Å²) < 4.78 is 19.8. The van der Waals surface area contributed by atoms with Crippen molar-refractivity contribution in [2.75, 3.05) is 12.3 Å². The molecule has 10 heteroatoms. The van der Waals surface area contributed by atoms with Crippen molar-refractivity contribution >= 4 is 29.3 Å². The highest BCUT2D eigenvalue weighted by Gasteiger charge is 2.55. The van der Waals surface area contributed by atoms with Crippen molar-refractivity contribution in [3.05, 3.63) is 11.0 Å². The first-order chi connectivity index (χ1) is 10.9. The van der Waals surface area contributed by atoms with Crippen molar-refractivity contribution in [2.45, 2.75) is 44.2 Å². The molecular formula is C13H17N5O4S. The van der Waals surface area contributed by atoms with Crippen LogP contribution in [-0.4, -0.2) is 55.3 Å². The van der Waals surface area contributed by atoms with Crippen LogP contribution in [0.15, 0.2) is 6.33 Å². The van der Waals surface area contributed by atoms with Crippen LogP contribution in [0.25, 0.3) is 11.2 Å². The maximum Gasteiger partial charge on any atom is 0.200 e. The zero-order valence-electron chi connectivity index (χ0n) is 12.6. The Labute approximate surface area is 136 Å². The smallest absolute Gasteiger partial charge is 0.200 e. The molecule has 0 radical (unpaired) electrons. The number of anilines is 1. The minimum atomic E-state index is -0.741. The average molecular weight is 339 g/mol. The number of aromatic amines is 1. The fourth-order valence-electron chi connectivity index (χ4n) is 3.18. The Kier molecular flexibility index (Phi) is 3.22. The lowest BCUT2D eigenvalue weighted by Crippen LogP contribution is -2.31. The number of nitrogens with two attached hydrogens (primary N) is 1. The van der Waals surface area contributed by atoms with Gasteiger partial charge in [0.1, 0.15) is 29.5 Å². The van der Waals surface area contributed by atoms with Crippen molar-refractivity contribution in [2.24, 2.45) is 0 Å². The summed E-state index contributed by atoms with van der Waals surface area (Å²) in [6, 6.07) is 0. The molecule has 2 aromatic heterocycles. The molecule has 0 saturated carbocycles. The van der Waals surface area contributed by atoms with Gasteiger partial charge in [-0.25, -0.2) is 9.97 Å². The minimum absolute atomic E-state index is 0.163. The largest absolute Gasteiger partial charge is 0.394 e. The van der Waals surface area contributed by atoms with Gasteiger partial charge in [-0.05, 0) is 13.8 Å². The Bertz CT molecular complexity index is 818. The first-order valence-corrected chi connectivity index (χ1v) is 7.65. The average Bonchev–Trinajstić information content (AvgIpc) is 3.09. The standard InChI is InChI=1S/C13H17N5O4S/c1-13(2)21-7-5(3-19)20-11(8(7)22-13)18-4-15-6-9(18)16-12(14)17-10(6)23/h4-5,7-8,11,19H,3H2,1-2H3,(H3,14,16,17,23)/t5-,7+,8+,11-/m0/s1. The zero-order chi connectivity index (χ0) is 16.4. The first-order valence-electron chi connectivity index (χ1n) is 7.24. The lowest BCUT2D eigenvalue weighted by molar-refractivity contribution is -0.199. The number of nitrogen functional groups attached to an aromatic ring is 1. The molecule has 0 bridgehead atoms. The highest BCUT2D eigenvalue weighted by Crippen LogP contribution is 2.43. The summed E-state index contributed by atoms with van der Waals surface area (Å²) in [5, 5.41) is 9.56. The van der Waals surface area contributed by atoms with Gasteiger partial charge < -0.3 is 30.0 Å². The van der Waals surface area contributed by atoms with E-state index in [2.05, 4.69) is 15.0 Å². The number of nitrogens with zero attached hydrogens (tertiary/aromatic N) is 3. The summed E-state index contributed by atoms with van der Waals surface area (Å²) in [5.41, 5.74) is 6.87. The number of rotatable bonds is 2. The molecule has 2 aliphatic heterocycles. The Balaban J connectivity index is 1.80. The van der Waals surface area contributed by atoms with Crippen LogP contribution in [0.1, 0.15) is 20.1 Å². The fraction of sp³-hybridized carbons (Fsp3) is 0.615. The van der Waals surface area contributed by atoms with Gasteiger partial charge in [0, 0.05) is 0 Å². The van der Waals surface area contributed by atoms with E-state index in [1.54, 1.807) is 10.9 Å². The van der Waals surface area contributed by atoms with E-state index in [0.717, 1.165) is 0 Å². The Hall–Kier alpha value is -1.59. The van der Waals surface area contributed by atoms with E-state index in [0.29, 0.717) is 15.8 Å². The molecule has 0 aliphatic carbocycles. The maximum atomic E-state index is 9.56. The molecule has 2 aliphatic rings. The monoisotopic (exact) mass is 339 g/mol. The molecule has 9 nitrogen and oxygen atoms in total. The van der Waals surface area contributed by atoms with E-state index in [1.165, 1.54) is 0 Å². The van der Waals surface area contributed by atoms with Crippen LogP contribution in [0, 0.1) is 4.64 Å². The van der Waals surface area contributed by atoms with E-state index in [9.17, 15) is 5.11 Å². The molecule has 2 fully saturated rings. The summed E-state index contributed by atoms with van der Waals surface area (Å²) in [7, 11) is 0. The zero-order valence-corrected chi connectivity index (χ0v) is 13.4. The Morgan fingerprint density at radius 2 is 2.17 bits per heavy atom. The predicted molar refractivity (Wildman–Crippen MR) is 81.9 cm³/mol. The van der Waals surface area contributed by atoms with Gasteiger partial charge in [0.05, 0.1) is 12.9 Å². The van der Waals surface area contributed by atoms with Crippen molar-refractivity contribution in [1.29, 1.82) is 0 Å². The minimum Gasteiger partial charge on any atom is -0.394 e. The maximum absolute atomic E-state index is 9.56. The number of aromatic nitrogens is 4. The number of imidazole rings is 1. The second-order valence-corrected chi connectivity index (χ2v) is 6.48. The highest BCUT2D eigenvalue weighted by atomic mass is 32.1. The summed E-state index contributed by atoms with van der Waals surface area (Å²) in [4.78, 5) is 11.2. The van der Waals surface area contributed by atoms with Crippen molar-refractivity contribution in [3.8, 4) is 0 Å². The lowest BCUT2D eigenvalue weighted by atomic mass is 10.1. The Morgan fingerprint density at radius 3 is 2.91 bits per heavy atom. The van der Waals surface area contributed by atoms with Crippen LogP contribution < -0.4 is 5.73 Å². The van der Waals surface area contributed by atoms with Gasteiger partial charge in [-0.2, -0.15) is 0 Å². The summed E-state index contributed by atoms with van der Waals surface area (Å²) >= 11 is 5.18. The fourth-order valence-corrected chi connectivity index (χ4v) is 3.42. The molecule has 4 rings (SSSR count). The third-order valence-electron chi connectivity index (χ3n) is 4.04. The van der Waals surface area contributed by atoms with Crippen LogP contribution in [0.2, 0.25) is 0 Å². The molecule has 0 spiro atoms. The van der Waals surface area contributed by atoms with Crippen molar-refractivity contribution in [3.63, 3.8) is 0 Å². The van der Waals surface area contributed by atoms with Gasteiger partial charge >= 0.3 is 0 Å². The lowest BCUT2D eigenvalue weighted by Gasteiger charge is -2.24. The van der Waals surface area contributed by atoms with Gasteiger partial charge in [-0.15, -0.1) is 0 Å². The van der Waals surface area contributed by atoms with Gasteiger partial charge in [0.25, 0.3) is 0 Å². The molecule has 0 amide bonds. The summed E-state index contributed by atoms with van der Waals surface area (Å²) in [5.74, 6) is -0.546. The normalized spacial score (nSPS) is 32.5. The molecule has 2 saturated heterocycles. The summed E-state index contributed by atoms with van der Waals surface area (Å²) in [6.45, 7) is 3.50. The molecule has 4 atom stereocenters. The number of fused-ring (bicyclic) bond motifs is 2. The van der Waals surface area contributed by atoms with E-state index >= 15 is 0 Å². The number of nitrogens with one attached hydrogen (secondary N) is 1. The number of hydrogen-bond acceptors (Lipinski definition) is 8. The molecule has 0 aromatic carbocycles. The molecule has 4 N–H and O–H groups in total. The topological polar surface area (TPSA) is 120 Å². The van der Waals surface area contributed by atoms with E-state index in [-0.39, 0.29) is 24.8 Å². The second-order valence-electron chi connectivity index (χ2n) is 6.09. The number of hydrogen-bond donors (Lipinski definition) is 3. The van der Waals surface area contributed by atoms with Crippen LogP contribution in [0.3, 0.4) is 0 Å². The molecule has 23 heavy (non-hydrogen) atoms. The van der Waals surface area contributed by atoms with Crippen molar-refractivity contribution < 1.29 is 19.3 Å². The van der Waals surface area contributed by atoms with Gasteiger partial charge in [-0.1, -0.05) is 12.2 Å². The third-order valence-corrected chi connectivity index (χ3v) is 4.33. The number of aliphatic hydroxyl groups is 1. The van der Waals surface area contributed by atoms with E-state index in [4.69, 9.17) is 32.2 Å². The van der Waals surface area contributed by atoms with Gasteiger partial charge in [0.2, 0.25) is 0 Å². The molecule has 4 heterocycles. The van der Waals surface area contributed by atoms with Crippen LogP contribution in [0.5, 0.6) is 0 Å². The number of ether oxygens (including phenoxy) is 3. The van der Waals surface area contributed by atoms with Crippen molar-refractivity contribution in [1.82, 2.24) is 19.5 Å². The predicted octanol–water partition coefficient (Wildman–Crippen LogP) is 0.481. The molecule has 2 aromatic rings. The van der Waals surface area contributed by atoms with Crippen LogP contribution in [0.4, 0.5) is 5.95 Å². The Morgan fingerprint density at radius 1 is 1.43 bits per heavy atom. The highest BCUT2D eigenvalue weighted by molar-refractivity contribution is 7.71. The molecular weight excluding hydrogens is 322 g/mol. The number of H-pyrrole nitrogens is 1. The summed E-state index contributed by atoms with van der Waals surface area (Å²) in [6.07, 6.45) is -0.146. The number of aliphatic hydroxyl groups excluding tert-OH is 1. The first kappa shape index (κ1) is 15.0. The van der Waals surface area contributed by atoms with E-state index in [1.807, 2.05) is 13.8 Å². The van der Waals surface area contributed by atoms with Crippen LogP contribution in [-0.2, 0) is 14.2 Å².